The van der Waals surface area contributed by atoms with E-state index < -0.39 is 35.7 Å². The van der Waals surface area contributed by atoms with Crippen LogP contribution in [-0.4, -0.2) is 35.7 Å². The molecule has 2 atom stereocenters. The number of nitrogens with one attached hydrogen (secondary N) is 2. The number of ether oxygens (including phenoxy) is 1. The zero-order valence-electron chi connectivity index (χ0n) is 15.8. The van der Waals surface area contributed by atoms with E-state index in [0.29, 0.717) is 6.42 Å². The monoisotopic (exact) mass is 343 g/mol. The van der Waals surface area contributed by atoms with Gasteiger partial charge in [-0.15, -0.1) is 0 Å². The predicted octanol–water partition coefficient (Wildman–Crippen LogP) is 1.21. The highest BCUT2D eigenvalue weighted by Gasteiger charge is 2.27. The Morgan fingerprint density at radius 1 is 0.917 bits per heavy atom. The number of carbonyl (C=O) groups is 3. The van der Waals surface area contributed by atoms with Gasteiger partial charge in [0.25, 0.3) is 0 Å². The molecule has 0 heterocycles. The molecule has 0 bridgehead atoms. The highest BCUT2D eigenvalue weighted by Crippen LogP contribution is 2.11. The van der Waals surface area contributed by atoms with Gasteiger partial charge in [0.15, 0.2) is 0 Å². The molecule has 0 rings (SSSR count). The summed E-state index contributed by atoms with van der Waals surface area (Å²) in [5.74, 6) is -1.68. The molecule has 2 amide bonds. The molecule has 0 saturated carbocycles. The van der Waals surface area contributed by atoms with Crippen molar-refractivity contribution < 1.29 is 24.2 Å². The zero-order valence-corrected chi connectivity index (χ0v) is 15.8. The number of carboxylic acids is 1. The molecule has 0 radical (unpaired) electrons. The van der Waals surface area contributed by atoms with Crippen molar-refractivity contribution >= 4 is 18.0 Å². The van der Waals surface area contributed by atoms with Crippen LogP contribution in [0, 0.1) is 11.8 Å². The van der Waals surface area contributed by atoms with Gasteiger partial charge in [0.2, 0.25) is 5.91 Å². The van der Waals surface area contributed by atoms with Crippen molar-refractivity contribution in [2.45, 2.75) is 79.0 Å². The standard InChI is InChI=1S/C17H32N2O5/c1-10(2)8-12(19-16(23)24-17(5,6)7)14(20)18-13(15(21)22)9-11(3)4/h10-13H,8-9H2,1-7H3,(H,18,20)(H,19,23)(H,21,22)/p-1/t12-,13+/m1/s1. The second-order valence-electron chi connectivity index (χ2n) is 7.84. The minimum absolute atomic E-state index is 0.0792. The van der Waals surface area contributed by atoms with Crippen LogP contribution in [-0.2, 0) is 14.3 Å². The summed E-state index contributed by atoms with van der Waals surface area (Å²) in [7, 11) is 0. The summed E-state index contributed by atoms with van der Waals surface area (Å²) in [6.45, 7) is 12.7. The normalized spacial score (nSPS) is 14.2. The molecular weight excluding hydrogens is 312 g/mol. The summed E-state index contributed by atoms with van der Waals surface area (Å²) >= 11 is 0. The Hall–Kier alpha value is -1.79. The first-order valence-electron chi connectivity index (χ1n) is 8.32. The Balaban J connectivity index is 4.98. The maximum atomic E-state index is 12.4. The molecule has 24 heavy (non-hydrogen) atoms. The average molecular weight is 343 g/mol. The summed E-state index contributed by atoms with van der Waals surface area (Å²) < 4.78 is 5.16. The summed E-state index contributed by atoms with van der Waals surface area (Å²) in [5, 5.41) is 16.2. The first-order valence-corrected chi connectivity index (χ1v) is 8.32. The fourth-order valence-electron chi connectivity index (χ4n) is 2.11. The van der Waals surface area contributed by atoms with E-state index in [2.05, 4.69) is 10.6 Å². The Morgan fingerprint density at radius 2 is 1.38 bits per heavy atom. The van der Waals surface area contributed by atoms with Crippen LogP contribution in [0.2, 0.25) is 0 Å². The quantitative estimate of drug-likeness (QED) is 0.689. The molecule has 0 aromatic rings. The third kappa shape index (κ3) is 10.1. The Labute approximate surface area is 144 Å². The molecular formula is C17H31N2O5-. The second-order valence-corrected chi connectivity index (χ2v) is 7.84. The third-order valence-electron chi connectivity index (χ3n) is 3.02. The molecule has 0 aliphatic rings. The Kier molecular flexibility index (Phi) is 8.78. The molecule has 0 saturated heterocycles. The van der Waals surface area contributed by atoms with E-state index in [1.165, 1.54) is 0 Å². The van der Waals surface area contributed by atoms with Gasteiger partial charge < -0.3 is 25.3 Å². The second kappa shape index (κ2) is 9.49. The van der Waals surface area contributed by atoms with Crippen LogP contribution in [0.3, 0.4) is 0 Å². The van der Waals surface area contributed by atoms with Gasteiger partial charge in [-0.05, 0) is 45.4 Å². The Bertz CT molecular complexity index is 441. The van der Waals surface area contributed by atoms with Crippen LogP contribution in [0.5, 0.6) is 0 Å². The van der Waals surface area contributed by atoms with Crippen molar-refractivity contribution in [1.82, 2.24) is 10.6 Å². The van der Waals surface area contributed by atoms with Crippen molar-refractivity contribution in [3.8, 4) is 0 Å². The molecule has 0 unspecified atom stereocenters. The van der Waals surface area contributed by atoms with Crippen molar-refractivity contribution in [3.05, 3.63) is 0 Å². The molecule has 0 aliphatic carbocycles. The summed E-state index contributed by atoms with van der Waals surface area (Å²) in [6, 6.07) is -1.96. The molecule has 0 aliphatic heterocycles. The summed E-state index contributed by atoms with van der Waals surface area (Å²) in [6.07, 6.45) is -0.0845. The number of carboxylic acid groups (broad SMARTS) is 1. The van der Waals surface area contributed by atoms with Crippen molar-refractivity contribution in [3.63, 3.8) is 0 Å². The molecule has 2 N–H and O–H groups in total. The number of carbonyl (C=O) groups excluding carboxylic acids is 3. The number of amides is 2. The predicted molar refractivity (Wildman–Crippen MR) is 89.0 cm³/mol. The van der Waals surface area contributed by atoms with Crippen LogP contribution in [0.25, 0.3) is 0 Å². The van der Waals surface area contributed by atoms with E-state index in [4.69, 9.17) is 4.74 Å². The van der Waals surface area contributed by atoms with Crippen molar-refractivity contribution in [1.29, 1.82) is 0 Å². The zero-order chi connectivity index (χ0) is 19.1. The highest BCUT2D eigenvalue weighted by molar-refractivity contribution is 5.88. The van der Waals surface area contributed by atoms with Crippen LogP contribution in [0.1, 0.15) is 61.3 Å². The van der Waals surface area contributed by atoms with E-state index in [-0.39, 0.29) is 18.3 Å². The number of hydrogen-bond acceptors (Lipinski definition) is 5. The van der Waals surface area contributed by atoms with E-state index in [1.54, 1.807) is 20.8 Å². The third-order valence-corrected chi connectivity index (χ3v) is 3.02. The smallest absolute Gasteiger partial charge is 0.408 e. The van der Waals surface area contributed by atoms with Gasteiger partial charge >= 0.3 is 6.09 Å². The van der Waals surface area contributed by atoms with Crippen molar-refractivity contribution in [2.75, 3.05) is 0 Å². The molecule has 0 spiro atoms. The lowest BCUT2D eigenvalue weighted by atomic mass is 10.0. The van der Waals surface area contributed by atoms with Gasteiger partial charge in [-0.1, -0.05) is 27.7 Å². The largest absolute Gasteiger partial charge is 0.548 e. The maximum Gasteiger partial charge on any atom is 0.408 e. The van der Waals surface area contributed by atoms with E-state index >= 15 is 0 Å². The topological polar surface area (TPSA) is 108 Å². The van der Waals surface area contributed by atoms with Gasteiger partial charge in [-0.2, -0.15) is 0 Å². The lowest BCUT2D eigenvalue weighted by molar-refractivity contribution is -0.308. The SMILES string of the molecule is CC(C)C[C@H](NC(=O)[C@@H](CC(C)C)NC(=O)OC(C)(C)C)C(=O)[O-]. The van der Waals surface area contributed by atoms with Gasteiger partial charge in [0.1, 0.15) is 11.6 Å². The van der Waals surface area contributed by atoms with Gasteiger partial charge in [0.05, 0.1) is 12.0 Å². The minimum Gasteiger partial charge on any atom is -0.548 e. The summed E-state index contributed by atoms with van der Waals surface area (Å²) in [4.78, 5) is 35.5. The van der Waals surface area contributed by atoms with Gasteiger partial charge in [-0.25, -0.2) is 4.79 Å². The first-order chi connectivity index (χ1) is 10.8. The number of alkyl carbamates (subject to hydrolysis) is 1. The van der Waals surface area contributed by atoms with Crippen LogP contribution in [0.4, 0.5) is 4.79 Å². The number of rotatable bonds is 8. The number of hydrogen-bond donors (Lipinski definition) is 2. The van der Waals surface area contributed by atoms with E-state index in [0.717, 1.165) is 0 Å². The van der Waals surface area contributed by atoms with Gasteiger partial charge in [-0.3, -0.25) is 4.79 Å². The van der Waals surface area contributed by atoms with E-state index in [9.17, 15) is 19.5 Å². The molecule has 0 aromatic carbocycles. The molecule has 7 nitrogen and oxygen atoms in total. The summed E-state index contributed by atoms with van der Waals surface area (Å²) in [5.41, 5.74) is -0.686. The van der Waals surface area contributed by atoms with Crippen LogP contribution < -0.4 is 15.7 Å². The van der Waals surface area contributed by atoms with Crippen molar-refractivity contribution in [2.24, 2.45) is 11.8 Å². The molecule has 0 aromatic heterocycles. The van der Waals surface area contributed by atoms with E-state index in [1.807, 2.05) is 27.7 Å². The lowest BCUT2D eigenvalue weighted by Crippen LogP contribution is -2.55. The highest BCUT2D eigenvalue weighted by atomic mass is 16.6. The fraction of sp³-hybridized carbons (Fsp3) is 0.824. The van der Waals surface area contributed by atoms with Crippen LogP contribution >= 0.6 is 0 Å². The maximum absolute atomic E-state index is 12.4. The average Bonchev–Trinajstić information content (AvgIpc) is 2.33. The Morgan fingerprint density at radius 3 is 1.75 bits per heavy atom. The molecule has 7 heteroatoms. The fourth-order valence-corrected chi connectivity index (χ4v) is 2.11. The molecule has 140 valence electrons. The lowest BCUT2D eigenvalue weighted by Gasteiger charge is -2.27. The first kappa shape index (κ1) is 22.2. The van der Waals surface area contributed by atoms with Crippen LogP contribution in [0.15, 0.2) is 0 Å². The number of aliphatic carboxylic acids is 1. The minimum atomic E-state index is -1.34. The molecule has 0 fully saturated rings. The van der Waals surface area contributed by atoms with Gasteiger partial charge in [0, 0.05) is 0 Å².